The van der Waals surface area contributed by atoms with Crippen molar-refractivity contribution >= 4 is 5.96 Å². The van der Waals surface area contributed by atoms with E-state index in [4.69, 9.17) is 0 Å². The Kier molecular flexibility index (Phi) is 6.06. The van der Waals surface area contributed by atoms with Gasteiger partial charge in [0.2, 0.25) is 0 Å². The fraction of sp³-hybridized carbons (Fsp3) is 0.350. The molecule has 1 aliphatic rings. The Hall–Kier alpha value is -2.77. The van der Waals surface area contributed by atoms with Gasteiger partial charge in [0.25, 0.3) is 0 Å². The smallest absolute Gasteiger partial charge is 0.422 e. The molecule has 2 unspecified atom stereocenters. The standard InChI is InChI=1S/C20H21F4N3O/c1-25-19(27-18-10-16(18)15-4-2-3-5-17(15)21)26-11-13-6-8-14(9-7-13)28-12-20(22,23)24/h2-9,16,18H,10-12H2,1H3,(H2,25,26,27). The first kappa shape index (κ1) is 20.0. The summed E-state index contributed by atoms with van der Waals surface area (Å²) in [7, 11) is 1.64. The zero-order valence-electron chi connectivity index (χ0n) is 15.3. The lowest BCUT2D eigenvalue weighted by Crippen LogP contribution is -2.38. The molecule has 0 saturated heterocycles. The predicted molar refractivity (Wildman–Crippen MR) is 98.9 cm³/mol. The van der Waals surface area contributed by atoms with E-state index in [9.17, 15) is 17.6 Å². The fourth-order valence-corrected chi connectivity index (χ4v) is 2.90. The van der Waals surface area contributed by atoms with Gasteiger partial charge in [0.05, 0.1) is 0 Å². The molecule has 8 heteroatoms. The van der Waals surface area contributed by atoms with E-state index >= 15 is 0 Å². The molecule has 4 nitrogen and oxygen atoms in total. The molecule has 0 heterocycles. The van der Waals surface area contributed by atoms with Crippen LogP contribution in [-0.4, -0.2) is 31.8 Å². The Morgan fingerprint density at radius 1 is 1.14 bits per heavy atom. The van der Waals surface area contributed by atoms with Crippen LogP contribution in [0.15, 0.2) is 53.5 Å². The molecule has 2 aromatic rings. The lowest BCUT2D eigenvalue weighted by molar-refractivity contribution is -0.153. The summed E-state index contributed by atoms with van der Waals surface area (Å²) in [5.41, 5.74) is 1.56. The summed E-state index contributed by atoms with van der Waals surface area (Å²) < 4.78 is 55.0. The normalized spacial score (nSPS) is 19.2. The topological polar surface area (TPSA) is 45.7 Å². The summed E-state index contributed by atoms with van der Waals surface area (Å²) in [6, 6.07) is 13.2. The first-order valence-electron chi connectivity index (χ1n) is 8.86. The van der Waals surface area contributed by atoms with Gasteiger partial charge in [-0.1, -0.05) is 30.3 Å². The van der Waals surface area contributed by atoms with Gasteiger partial charge in [-0.05, 0) is 35.7 Å². The van der Waals surface area contributed by atoms with E-state index in [1.807, 2.05) is 6.07 Å². The van der Waals surface area contributed by atoms with Crippen molar-refractivity contribution in [2.75, 3.05) is 13.7 Å². The van der Waals surface area contributed by atoms with Crippen LogP contribution in [0, 0.1) is 5.82 Å². The van der Waals surface area contributed by atoms with Crippen LogP contribution in [0.4, 0.5) is 17.6 Å². The lowest BCUT2D eigenvalue weighted by atomic mass is 10.1. The first-order valence-corrected chi connectivity index (χ1v) is 8.86. The average molecular weight is 395 g/mol. The number of guanidine groups is 1. The van der Waals surface area contributed by atoms with Gasteiger partial charge >= 0.3 is 6.18 Å². The van der Waals surface area contributed by atoms with Gasteiger partial charge in [0, 0.05) is 25.6 Å². The molecule has 0 aromatic heterocycles. The molecule has 3 rings (SSSR count). The maximum atomic E-state index is 13.8. The monoisotopic (exact) mass is 395 g/mol. The number of benzene rings is 2. The minimum Gasteiger partial charge on any atom is -0.484 e. The highest BCUT2D eigenvalue weighted by Crippen LogP contribution is 2.41. The average Bonchev–Trinajstić information content (AvgIpc) is 3.43. The highest BCUT2D eigenvalue weighted by molar-refractivity contribution is 5.80. The van der Waals surface area contributed by atoms with Crippen molar-refractivity contribution in [3.63, 3.8) is 0 Å². The summed E-state index contributed by atoms with van der Waals surface area (Å²) in [4.78, 5) is 4.16. The summed E-state index contributed by atoms with van der Waals surface area (Å²) in [6.45, 7) is -0.873. The van der Waals surface area contributed by atoms with E-state index in [1.165, 1.54) is 18.2 Å². The zero-order valence-corrected chi connectivity index (χ0v) is 15.3. The van der Waals surface area contributed by atoms with Crippen LogP contribution in [0.2, 0.25) is 0 Å². The zero-order chi connectivity index (χ0) is 20.1. The Bertz CT molecular complexity index is 821. The van der Waals surface area contributed by atoms with E-state index < -0.39 is 12.8 Å². The number of nitrogens with one attached hydrogen (secondary N) is 2. The molecule has 28 heavy (non-hydrogen) atoms. The largest absolute Gasteiger partial charge is 0.484 e. The van der Waals surface area contributed by atoms with Gasteiger partial charge in [-0.2, -0.15) is 13.2 Å². The molecule has 150 valence electrons. The fourth-order valence-electron chi connectivity index (χ4n) is 2.90. The van der Waals surface area contributed by atoms with E-state index in [-0.39, 0.29) is 23.5 Å². The van der Waals surface area contributed by atoms with E-state index in [0.717, 1.165) is 12.0 Å². The second kappa shape index (κ2) is 8.50. The second-order valence-corrected chi connectivity index (χ2v) is 6.59. The number of alkyl halides is 3. The molecule has 1 aliphatic carbocycles. The van der Waals surface area contributed by atoms with Gasteiger partial charge in [0.1, 0.15) is 11.6 Å². The molecule has 1 saturated carbocycles. The molecule has 1 fully saturated rings. The van der Waals surface area contributed by atoms with Crippen molar-refractivity contribution in [2.45, 2.75) is 31.1 Å². The van der Waals surface area contributed by atoms with Crippen LogP contribution in [0.25, 0.3) is 0 Å². The first-order chi connectivity index (χ1) is 13.4. The third-order valence-corrected chi connectivity index (χ3v) is 4.43. The van der Waals surface area contributed by atoms with Crippen LogP contribution in [0.3, 0.4) is 0 Å². The van der Waals surface area contributed by atoms with Gasteiger partial charge in [-0.15, -0.1) is 0 Å². The molecule has 0 radical (unpaired) electrons. The molecule has 2 aromatic carbocycles. The van der Waals surface area contributed by atoms with Crippen LogP contribution in [0.1, 0.15) is 23.5 Å². The number of hydrogen-bond acceptors (Lipinski definition) is 2. The van der Waals surface area contributed by atoms with Gasteiger partial charge in [-0.25, -0.2) is 4.39 Å². The second-order valence-electron chi connectivity index (χ2n) is 6.59. The van der Waals surface area contributed by atoms with E-state index in [0.29, 0.717) is 18.1 Å². The molecule has 0 aliphatic heterocycles. The minimum atomic E-state index is -4.36. The SMILES string of the molecule is CN=C(NCc1ccc(OCC(F)(F)F)cc1)NC1CC1c1ccccc1F. The molecule has 2 N–H and O–H groups in total. The van der Waals surface area contributed by atoms with Crippen LogP contribution in [-0.2, 0) is 6.54 Å². The minimum absolute atomic E-state index is 0.112. The maximum Gasteiger partial charge on any atom is 0.422 e. The molecule has 2 atom stereocenters. The third kappa shape index (κ3) is 5.61. The third-order valence-electron chi connectivity index (χ3n) is 4.43. The predicted octanol–water partition coefficient (Wildman–Crippen LogP) is 3.99. The van der Waals surface area contributed by atoms with Gasteiger partial charge in [0.15, 0.2) is 12.6 Å². The van der Waals surface area contributed by atoms with E-state index in [1.54, 1.807) is 31.3 Å². The maximum absolute atomic E-state index is 13.8. The number of hydrogen-bond donors (Lipinski definition) is 2. The highest BCUT2D eigenvalue weighted by Gasteiger charge is 2.40. The molecule has 0 amide bonds. The van der Waals surface area contributed by atoms with Crippen LogP contribution < -0.4 is 15.4 Å². The molecular weight excluding hydrogens is 374 g/mol. The van der Waals surface area contributed by atoms with Crippen molar-refractivity contribution in [2.24, 2.45) is 4.99 Å². The van der Waals surface area contributed by atoms with E-state index in [2.05, 4.69) is 20.4 Å². The highest BCUT2D eigenvalue weighted by atomic mass is 19.4. The van der Waals surface area contributed by atoms with Gasteiger partial charge in [-0.3, -0.25) is 4.99 Å². The Balaban J connectivity index is 1.47. The number of halogens is 4. The molecular formula is C20H21F4N3O. The van der Waals surface area contributed by atoms with Crippen molar-refractivity contribution in [1.82, 2.24) is 10.6 Å². The summed E-state index contributed by atoms with van der Waals surface area (Å²) in [5.74, 6) is 0.660. The van der Waals surface area contributed by atoms with Crippen LogP contribution >= 0.6 is 0 Å². The summed E-state index contributed by atoms with van der Waals surface area (Å²) >= 11 is 0. The number of rotatable bonds is 6. The number of nitrogens with zero attached hydrogens (tertiary/aromatic N) is 1. The summed E-state index contributed by atoms with van der Waals surface area (Å²) in [6.07, 6.45) is -3.53. The Morgan fingerprint density at radius 2 is 1.86 bits per heavy atom. The number of aliphatic imine (C=N–C) groups is 1. The quantitative estimate of drug-likeness (QED) is 0.442. The Morgan fingerprint density at radius 3 is 2.50 bits per heavy atom. The lowest BCUT2D eigenvalue weighted by Gasteiger charge is -2.13. The number of ether oxygens (including phenoxy) is 1. The van der Waals surface area contributed by atoms with Crippen molar-refractivity contribution in [3.8, 4) is 5.75 Å². The van der Waals surface area contributed by atoms with Crippen molar-refractivity contribution in [1.29, 1.82) is 0 Å². The van der Waals surface area contributed by atoms with Crippen molar-refractivity contribution in [3.05, 3.63) is 65.5 Å². The van der Waals surface area contributed by atoms with Gasteiger partial charge < -0.3 is 15.4 Å². The summed E-state index contributed by atoms with van der Waals surface area (Å²) in [5, 5.41) is 6.40. The Labute approximate surface area is 160 Å². The van der Waals surface area contributed by atoms with Crippen molar-refractivity contribution < 1.29 is 22.3 Å². The van der Waals surface area contributed by atoms with Crippen LogP contribution in [0.5, 0.6) is 5.75 Å². The molecule has 0 spiro atoms. The molecule has 0 bridgehead atoms.